The third-order valence-corrected chi connectivity index (χ3v) is 2.32. The molecular weight excluding hydrogens is 218 g/mol. The lowest BCUT2D eigenvalue weighted by molar-refractivity contribution is 0.176. The van der Waals surface area contributed by atoms with Crippen molar-refractivity contribution in [2.24, 2.45) is 0 Å². The van der Waals surface area contributed by atoms with Crippen molar-refractivity contribution in [3.63, 3.8) is 0 Å². The Hall–Kier alpha value is -1.10. The molecule has 1 unspecified atom stereocenters. The summed E-state index contributed by atoms with van der Waals surface area (Å²) < 4.78 is 5.57. The molecule has 4 heteroatoms. The predicted molar refractivity (Wildman–Crippen MR) is 67.0 cm³/mol. The number of aliphatic hydroxyl groups is 2. The van der Waals surface area contributed by atoms with Gasteiger partial charge in [-0.2, -0.15) is 0 Å². The summed E-state index contributed by atoms with van der Waals surface area (Å²) in [6.45, 7) is 4.50. The summed E-state index contributed by atoms with van der Waals surface area (Å²) in [5.41, 5.74) is 0.819. The predicted octanol–water partition coefficient (Wildman–Crippen LogP) is 0.917. The highest BCUT2D eigenvalue weighted by atomic mass is 16.5. The third kappa shape index (κ3) is 5.17. The largest absolute Gasteiger partial charge is 0.492 e. The van der Waals surface area contributed by atoms with Crippen LogP contribution in [0.5, 0.6) is 5.75 Å². The summed E-state index contributed by atoms with van der Waals surface area (Å²) in [6.07, 6.45) is 0. The van der Waals surface area contributed by atoms with Crippen molar-refractivity contribution in [3.8, 4) is 5.75 Å². The number of nitrogens with one attached hydrogen (secondary N) is 1. The molecule has 1 aromatic rings. The van der Waals surface area contributed by atoms with Crippen LogP contribution in [0.4, 0.5) is 0 Å². The van der Waals surface area contributed by atoms with Crippen LogP contribution in [0.2, 0.25) is 0 Å². The number of hydrogen-bond donors (Lipinski definition) is 3. The van der Waals surface area contributed by atoms with Crippen molar-refractivity contribution >= 4 is 0 Å². The van der Waals surface area contributed by atoms with Crippen LogP contribution in [-0.4, -0.2) is 35.5 Å². The minimum absolute atomic E-state index is 0.00483. The summed E-state index contributed by atoms with van der Waals surface area (Å²) in [5.74, 6) is 0.709. The normalized spacial score (nSPS) is 12.8. The zero-order chi connectivity index (χ0) is 12.7. The quantitative estimate of drug-likeness (QED) is 0.662. The Balaban J connectivity index is 2.47. The number of hydrogen-bond acceptors (Lipinski definition) is 4. The molecule has 0 aromatic heterocycles. The molecule has 0 fully saturated rings. The van der Waals surface area contributed by atoms with Gasteiger partial charge in [0.2, 0.25) is 0 Å². The maximum absolute atomic E-state index is 9.17. The second-order valence-electron chi connectivity index (χ2n) is 4.32. The van der Waals surface area contributed by atoms with Gasteiger partial charge in [-0.05, 0) is 17.7 Å². The molecule has 0 amide bonds. The van der Waals surface area contributed by atoms with Crippen LogP contribution in [-0.2, 0) is 6.61 Å². The van der Waals surface area contributed by atoms with E-state index in [0.29, 0.717) is 18.4 Å². The molecule has 0 saturated heterocycles. The Kier molecular flexibility index (Phi) is 5.97. The summed E-state index contributed by atoms with van der Waals surface area (Å²) in [4.78, 5) is 0. The monoisotopic (exact) mass is 239 g/mol. The smallest absolute Gasteiger partial charge is 0.119 e. The van der Waals surface area contributed by atoms with E-state index in [2.05, 4.69) is 5.32 Å². The van der Waals surface area contributed by atoms with Crippen molar-refractivity contribution in [1.29, 1.82) is 0 Å². The van der Waals surface area contributed by atoms with Crippen molar-refractivity contribution in [1.82, 2.24) is 5.32 Å². The van der Waals surface area contributed by atoms with Crippen LogP contribution in [0.15, 0.2) is 24.3 Å². The Labute approximate surface area is 102 Å². The van der Waals surface area contributed by atoms with Gasteiger partial charge in [-0.15, -0.1) is 0 Å². The maximum atomic E-state index is 9.17. The molecule has 0 radical (unpaired) electrons. The van der Waals surface area contributed by atoms with E-state index < -0.39 is 0 Å². The van der Waals surface area contributed by atoms with Crippen molar-refractivity contribution in [2.45, 2.75) is 32.5 Å². The topological polar surface area (TPSA) is 61.7 Å². The molecule has 1 aromatic carbocycles. The van der Waals surface area contributed by atoms with E-state index in [1.54, 1.807) is 6.07 Å². The van der Waals surface area contributed by atoms with Crippen LogP contribution in [0.25, 0.3) is 0 Å². The van der Waals surface area contributed by atoms with Crippen LogP contribution < -0.4 is 10.1 Å². The molecule has 1 rings (SSSR count). The van der Waals surface area contributed by atoms with Gasteiger partial charge >= 0.3 is 0 Å². The average Bonchev–Trinajstić information content (AvgIpc) is 2.34. The second-order valence-corrected chi connectivity index (χ2v) is 4.32. The van der Waals surface area contributed by atoms with Gasteiger partial charge in [0.15, 0.2) is 0 Å². The van der Waals surface area contributed by atoms with E-state index in [4.69, 9.17) is 9.84 Å². The van der Waals surface area contributed by atoms with Gasteiger partial charge in [-0.1, -0.05) is 26.0 Å². The van der Waals surface area contributed by atoms with Crippen LogP contribution in [0, 0.1) is 0 Å². The van der Waals surface area contributed by atoms with Crippen molar-refractivity contribution in [2.75, 3.05) is 13.2 Å². The Bertz CT molecular complexity index is 328. The van der Waals surface area contributed by atoms with Gasteiger partial charge in [0.25, 0.3) is 0 Å². The van der Waals surface area contributed by atoms with E-state index >= 15 is 0 Å². The fourth-order valence-electron chi connectivity index (χ4n) is 1.56. The lowest BCUT2D eigenvalue weighted by Crippen LogP contribution is -2.41. The lowest BCUT2D eigenvalue weighted by atomic mass is 10.2. The minimum atomic E-state index is -0.0761. The first-order valence-corrected chi connectivity index (χ1v) is 5.85. The molecule has 0 saturated carbocycles. The fraction of sp³-hybridized carbons (Fsp3) is 0.538. The Morgan fingerprint density at radius 2 is 2.06 bits per heavy atom. The highest BCUT2D eigenvalue weighted by molar-refractivity contribution is 5.28. The third-order valence-electron chi connectivity index (χ3n) is 2.32. The molecule has 1 atom stereocenters. The van der Waals surface area contributed by atoms with Gasteiger partial charge in [0.1, 0.15) is 12.4 Å². The van der Waals surface area contributed by atoms with E-state index in [9.17, 15) is 5.11 Å². The molecule has 3 N–H and O–H groups in total. The molecule has 96 valence electrons. The zero-order valence-corrected chi connectivity index (χ0v) is 10.4. The number of benzene rings is 1. The second kappa shape index (κ2) is 7.27. The van der Waals surface area contributed by atoms with E-state index in [-0.39, 0.29) is 19.3 Å². The van der Waals surface area contributed by atoms with E-state index in [1.807, 2.05) is 32.0 Å². The molecule has 0 aliphatic rings. The molecule has 0 heterocycles. The average molecular weight is 239 g/mol. The van der Waals surface area contributed by atoms with Crippen molar-refractivity contribution < 1.29 is 14.9 Å². The van der Waals surface area contributed by atoms with Gasteiger partial charge in [0.05, 0.1) is 19.3 Å². The van der Waals surface area contributed by atoms with Gasteiger partial charge < -0.3 is 20.3 Å². The van der Waals surface area contributed by atoms with Gasteiger partial charge in [0, 0.05) is 6.04 Å². The first-order chi connectivity index (χ1) is 8.15. The maximum Gasteiger partial charge on any atom is 0.119 e. The molecule has 0 spiro atoms. The van der Waals surface area contributed by atoms with Crippen molar-refractivity contribution in [3.05, 3.63) is 29.8 Å². The van der Waals surface area contributed by atoms with Crippen LogP contribution >= 0.6 is 0 Å². The molecule has 4 nitrogen and oxygen atoms in total. The molecule has 0 aliphatic heterocycles. The molecule has 0 bridgehead atoms. The SMILES string of the molecule is CC(C)NC(CO)COc1cccc(CO)c1. The van der Waals surface area contributed by atoms with Crippen LogP contribution in [0.3, 0.4) is 0 Å². The van der Waals surface area contributed by atoms with Crippen LogP contribution in [0.1, 0.15) is 19.4 Å². The summed E-state index contributed by atoms with van der Waals surface area (Å²) >= 11 is 0. The molecule has 17 heavy (non-hydrogen) atoms. The number of rotatable bonds is 7. The van der Waals surface area contributed by atoms with Gasteiger partial charge in [-0.25, -0.2) is 0 Å². The van der Waals surface area contributed by atoms with E-state index in [0.717, 1.165) is 5.56 Å². The Morgan fingerprint density at radius 1 is 1.29 bits per heavy atom. The summed E-state index contributed by atoms with van der Waals surface area (Å²) in [7, 11) is 0. The highest BCUT2D eigenvalue weighted by Crippen LogP contribution is 2.13. The zero-order valence-electron chi connectivity index (χ0n) is 10.4. The highest BCUT2D eigenvalue weighted by Gasteiger charge is 2.09. The number of ether oxygens (including phenoxy) is 1. The minimum Gasteiger partial charge on any atom is -0.492 e. The molecule has 0 aliphatic carbocycles. The first-order valence-electron chi connectivity index (χ1n) is 5.85. The Morgan fingerprint density at radius 3 is 2.65 bits per heavy atom. The standard InChI is InChI=1S/C13H21NO3/c1-10(2)14-12(8-16)9-17-13-5-3-4-11(6-13)7-15/h3-6,10,12,14-16H,7-9H2,1-2H3. The van der Waals surface area contributed by atoms with E-state index in [1.165, 1.54) is 0 Å². The first kappa shape index (κ1) is 14.0. The molecular formula is C13H21NO3. The summed E-state index contributed by atoms with van der Waals surface area (Å²) in [6, 6.07) is 7.53. The summed E-state index contributed by atoms with van der Waals surface area (Å²) in [5, 5.41) is 21.4. The number of aliphatic hydroxyl groups excluding tert-OH is 2. The fourth-order valence-corrected chi connectivity index (χ4v) is 1.56. The van der Waals surface area contributed by atoms with Gasteiger partial charge in [-0.3, -0.25) is 0 Å². The lowest BCUT2D eigenvalue weighted by Gasteiger charge is -2.19.